The maximum atomic E-state index is 13.8. The number of anilines is 1. The minimum absolute atomic E-state index is 0.0764. The minimum Gasteiger partial charge on any atom is -0.364 e. The fourth-order valence-corrected chi connectivity index (χ4v) is 4.90. The highest BCUT2D eigenvalue weighted by atomic mass is 35.5. The number of rotatable bonds is 4. The molecule has 0 fully saturated rings. The van der Waals surface area contributed by atoms with Crippen molar-refractivity contribution in [2.75, 3.05) is 18.0 Å². The molecule has 168 valence electrons. The molecule has 0 bridgehead atoms. The first-order chi connectivity index (χ1) is 16.0. The molecule has 5 nitrogen and oxygen atoms in total. The van der Waals surface area contributed by atoms with Crippen LogP contribution in [0.25, 0.3) is 11.1 Å². The van der Waals surface area contributed by atoms with E-state index in [2.05, 4.69) is 45.2 Å². The highest BCUT2D eigenvalue weighted by Crippen LogP contribution is 2.40. The highest BCUT2D eigenvalue weighted by molar-refractivity contribution is 6.32. The maximum Gasteiger partial charge on any atom is 0.234 e. The van der Waals surface area contributed by atoms with Crippen LogP contribution >= 0.6 is 11.6 Å². The summed E-state index contributed by atoms with van der Waals surface area (Å²) in [7, 11) is 0. The number of benzene rings is 2. The zero-order valence-electron chi connectivity index (χ0n) is 18.7. The van der Waals surface area contributed by atoms with E-state index in [1.165, 1.54) is 0 Å². The summed E-state index contributed by atoms with van der Waals surface area (Å²) in [5, 5.41) is 0.604. The van der Waals surface area contributed by atoms with Crippen LogP contribution in [0.1, 0.15) is 24.6 Å². The SMILES string of the molecule is CC1(C(=O)N2CCN(Cc3cnc[nH]3)c3ccc(-c4ccccc4)cc3C2)CC=CC=C1Cl. The zero-order chi connectivity index (χ0) is 22.8. The zero-order valence-corrected chi connectivity index (χ0v) is 19.4. The van der Waals surface area contributed by atoms with Crippen LogP contribution in [0.3, 0.4) is 0 Å². The first-order valence-electron chi connectivity index (χ1n) is 11.3. The van der Waals surface area contributed by atoms with Crippen molar-refractivity contribution in [1.29, 1.82) is 0 Å². The Labute approximate surface area is 199 Å². The molecular formula is C27H27ClN4O. The number of imidazole rings is 1. The van der Waals surface area contributed by atoms with Gasteiger partial charge in [0.05, 0.1) is 24.0 Å². The van der Waals surface area contributed by atoms with Crippen LogP contribution in [0.15, 0.2) is 84.3 Å². The van der Waals surface area contributed by atoms with Gasteiger partial charge in [-0.15, -0.1) is 0 Å². The molecule has 1 aliphatic carbocycles. The summed E-state index contributed by atoms with van der Waals surface area (Å²) in [6, 6.07) is 16.9. The lowest BCUT2D eigenvalue weighted by atomic mass is 9.81. The van der Waals surface area contributed by atoms with Gasteiger partial charge in [0, 0.05) is 36.6 Å². The predicted molar refractivity (Wildman–Crippen MR) is 133 cm³/mol. The number of H-pyrrole nitrogens is 1. The Morgan fingerprint density at radius 1 is 1.15 bits per heavy atom. The van der Waals surface area contributed by atoms with Crippen LogP contribution in [0.4, 0.5) is 5.69 Å². The number of amides is 1. The Morgan fingerprint density at radius 2 is 2.00 bits per heavy atom. The van der Waals surface area contributed by atoms with E-state index in [4.69, 9.17) is 11.6 Å². The number of carbonyl (C=O) groups excluding carboxylic acids is 1. The number of nitrogens with one attached hydrogen (secondary N) is 1. The molecule has 2 aliphatic rings. The number of allylic oxidation sites excluding steroid dienone is 3. The molecule has 2 heterocycles. The molecule has 1 atom stereocenters. The number of fused-ring (bicyclic) bond motifs is 1. The van der Waals surface area contributed by atoms with Crippen molar-refractivity contribution in [1.82, 2.24) is 14.9 Å². The largest absolute Gasteiger partial charge is 0.364 e. The fraction of sp³-hybridized carbons (Fsp3) is 0.259. The summed E-state index contributed by atoms with van der Waals surface area (Å²) in [5.41, 5.74) is 4.93. The number of aromatic nitrogens is 2. The summed E-state index contributed by atoms with van der Waals surface area (Å²) in [5.74, 6) is 0.0764. The van der Waals surface area contributed by atoms with E-state index in [-0.39, 0.29) is 5.91 Å². The summed E-state index contributed by atoms with van der Waals surface area (Å²) in [4.78, 5) is 25.4. The lowest BCUT2D eigenvalue weighted by molar-refractivity contribution is -0.139. The Balaban J connectivity index is 1.51. The number of carbonyl (C=O) groups is 1. The molecule has 1 unspecified atom stereocenters. The molecule has 1 N–H and O–H groups in total. The van der Waals surface area contributed by atoms with E-state index in [1.54, 1.807) is 6.33 Å². The molecule has 0 radical (unpaired) electrons. The standard InChI is InChI=1S/C27H27ClN4O/c1-27(12-6-5-9-25(27)28)26(33)32-14-13-31(18-23-16-29-19-30-23)24-11-10-21(15-22(24)17-32)20-7-3-2-4-8-20/h2-11,15-16,19H,12-14,17-18H2,1H3,(H,29,30). The molecule has 0 saturated carbocycles. The van der Waals surface area contributed by atoms with Crippen LogP contribution in [0.5, 0.6) is 0 Å². The molecule has 5 rings (SSSR count). The van der Waals surface area contributed by atoms with Crippen LogP contribution in [-0.2, 0) is 17.9 Å². The van der Waals surface area contributed by atoms with Gasteiger partial charge in [-0.2, -0.15) is 0 Å². The second-order valence-electron chi connectivity index (χ2n) is 8.91. The average molecular weight is 459 g/mol. The predicted octanol–water partition coefficient (Wildman–Crippen LogP) is 5.51. The average Bonchev–Trinajstić information content (AvgIpc) is 3.29. The van der Waals surface area contributed by atoms with E-state index >= 15 is 0 Å². The van der Waals surface area contributed by atoms with E-state index in [1.807, 2.05) is 54.4 Å². The van der Waals surface area contributed by atoms with Gasteiger partial charge in [0.1, 0.15) is 0 Å². The third-order valence-electron chi connectivity index (χ3n) is 6.64. The second kappa shape index (κ2) is 8.91. The number of nitrogens with zero attached hydrogens (tertiary/aromatic N) is 3. The van der Waals surface area contributed by atoms with Crippen molar-refractivity contribution < 1.29 is 4.79 Å². The number of hydrogen-bond donors (Lipinski definition) is 1. The Hall–Kier alpha value is -3.31. The molecule has 0 spiro atoms. The molecular weight excluding hydrogens is 432 g/mol. The molecule has 2 aromatic carbocycles. The third kappa shape index (κ3) is 4.21. The molecule has 1 aliphatic heterocycles. The molecule has 3 aromatic rings. The highest BCUT2D eigenvalue weighted by Gasteiger charge is 2.40. The molecule has 0 saturated heterocycles. The molecule has 6 heteroatoms. The number of aromatic amines is 1. The monoisotopic (exact) mass is 458 g/mol. The van der Waals surface area contributed by atoms with Gasteiger partial charge in [0.15, 0.2) is 0 Å². The number of halogens is 1. The van der Waals surface area contributed by atoms with Gasteiger partial charge in [-0.05, 0) is 48.2 Å². The van der Waals surface area contributed by atoms with Gasteiger partial charge in [-0.25, -0.2) is 4.98 Å². The van der Waals surface area contributed by atoms with Gasteiger partial charge >= 0.3 is 0 Å². The summed E-state index contributed by atoms with van der Waals surface area (Å²) >= 11 is 6.55. The molecule has 1 aromatic heterocycles. The summed E-state index contributed by atoms with van der Waals surface area (Å²) in [6.07, 6.45) is 9.96. The van der Waals surface area contributed by atoms with Crippen molar-refractivity contribution in [3.05, 3.63) is 95.6 Å². The normalized spacial score (nSPS) is 20.2. The lowest BCUT2D eigenvalue weighted by Gasteiger charge is -2.34. The fourth-order valence-electron chi connectivity index (χ4n) is 4.67. The van der Waals surface area contributed by atoms with Crippen LogP contribution in [0, 0.1) is 5.41 Å². The van der Waals surface area contributed by atoms with Gasteiger partial charge in [0.2, 0.25) is 5.91 Å². The first-order valence-corrected chi connectivity index (χ1v) is 11.6. The summed E-state index contributed by atoms with van der Waals surface area (Å²) in [6.45, 7) is 4.58. The van der Waals surface area contributed by atoms with Crippen molar-refractivity contribution in [2.45, 2.75) is 26.4 Å². The van der Waals surface area contributed by atoms with Crippen LogP contribution < -0.4 is 4.90 Å². The van der Waals surface area contributed by atoms with E-state index in [0.717, 1.165) is 34.6 Å². The van der Waals surface area contributed by atoms with Crippen LogP contribution in [0.2, 0.25) is 0 Å². The van der Waals surface area contributed by atoms with Crippen molar-refractivity contribution >= 4 is 23.2 Å². The quantitative estimate of drug-likeness (QED) is 0.560. The Morgan fingerprint density at radius 3 is 2.76 bits per heavy atom. The van der Waals surface area contributed by atoms with E-state index < -0.39 is 5.41 Å². The van der Waals surface area contributed by atoms with Gasteiger partial charge < -0.3 is 14.8 Å². The third-order valence-corrected chi connectivity index (χ3v) is 7.18. The first kappa shape index (κ1) is 21.5. The Kier molecular flexibility index (Phi) is 5.81. The maximum absolute atomic E-state index is 13.8. The minimum atomic E-state index is -0.716. The molecule has 1 amide bonds. The van der Waals surface area contributed by atoms with Crippen molar-refractivity contribution in [3.63, 3.8) is 0 Å². The van der Waals surface area contributed by atoms with Crippen LogP contribution in [-0.4, -0.2) is 33.9 Å². The van der Waals surface area contributed by atoms with E-state index in [0.29, 0.717) is 31.1 Å². The summed E-state index contributed by atoms with van der Waals surface area (Å²) < 4.78 is 0. The lowest BCUT2D eigenvalue weighted by Crippen LogP contribution is -2.44. The number of hydrogen-bond acceptors (Lipinski definition) is 3. The Bertz CT molecular complexity index is 1200. The van der Waals surface area contributed by atoms with E-state index in [9.17, 15) is 4.79 Å². The van der Waals surface area contributed by atoms with Crippen molar-refractivity contribution in [3.8, 4) is 11.1 Å². The van der Waals surface area contributed by atoms with Crippen molar-refractivity contribution in [2.24, 2.45) is 5.41 Å². The smallest absolute Gasteiger partial charge is 0.234 e. The molecule has 33 heavy (non-hydrogen) atoms. The van der Waals surface area contributed by atoms with Gasteiger partial charge in [-0.1, -0.05) is 60.2 Å². The topological polar surface area (TPSA) is 52.2 Å². The van der Waals surface area contributed by atoms with Gasteiger partial charge in [-0.3, -0.25) is 4.79 Å². The van der Waals surface area contributed by atoms with Gasteiger partial charge in [0.25, 0.3) is 0 Å². The second-order valence-corrected chi connectivity index (χ2v) is 9.32.